The standard InChI is InChI=1S/C20H11Cl2N3O/c21-13-5-7-15(16(22)10-13)19-8-6-14(26-19)9-12(11-23)20-24-17-3-1-2-4-18(17)25-20/h1-10H,(H,24,25). The number of nitrogens with zero attached hydrogens (tertiary/aromatic N) is 2. The van der Waals surface area contributed by atoms with Gasteiger partial charge in [-0.15, -0.1) is 0 Å². The average Bonchev–Trinajstić information content (AvgIpc) is 3.26. The minimum atomic E-state index is 0.379. The summed E-state index contributed by atoms with van der Waals surface area (Å²) in [6.45, 7) is 0. The monoisotopic (exact) mass is 379 g/mol. The number of fused-ring (bicyclic) bond motifs is 1. The van der Waals surface area contributed by atoms with E-state index in [-0.39, 0.29) is 0 Å². The van der Waals surface area contributed by atoms with Gasteiger partial charge in [0.15, 0.2) is 0 Å². The van der Waals surface area contributed by atoms with E-state index in [2.05, 4.69) is 16.0 Å². The molecule has 0 fully saturated rings. The molecule has 2 aromatic heterocycles. The van der Waals surface area contributed by atoms with Crippen LogP contribution in [-0.2, 0) is 0 Å². The Balaban J connectivity index is 1.71. The molecule has 0 saturated heterocycles. The van der Waals surface area contributed by atoms with Gasteiger partial charge in [0.1, 0.15) is 23.4 Å². The van der Waals surface area contributed by atoms with Crippen molar-refractivity contribution in [3.05, 3.63) is 76.2 Å². The third kappa shape index (κ3) is 3.11. The number of nitriles is 1. The fourth-order valence-electron chi connectivity index (χ4n) is 2.64. The second kappa shape index (κ2) is 6.72. The van der Waals surface area contributed by atoms with Gasteiger partial charge in [0.05, 0.1) is 21.6 Å². The summed E-state index contributed by atoms with van der Waals surface area (Å²) in [7, 11) is 0. The lowest BCUT2D eigenvalue weighted by molar-refractivity contribution is 0.572. The molecule has 26 heavy (non-hydrogen) atoms. The van der Waals surface area contributed by atoms with Crippen LogP contribution in [0.3, 0.4) is 0 Å². The molecule has 4 rings (SSSR count). The molecule has 1 N–H and O–H groups in total. The molecule has 0 aliphatic carbocycles. The molecule has 0 amide bonds. The molecular formula is C20H11Cl2N3O. The molecule has 0 unspecified atom stereocenters. The van der Waals surface area contributed by atoms with Gasteiger partial charge >= 0.3 is 0 Å². The minimum absolute atomic E-state index is 0.379. The quantitative estimate of drug-likeness (QED) is 0.431. The number of furan rings is 1. The van der Waals surface area contributed by atoms with E-state index in [1.165, 1.54) is 0 Å². The van der Waals surface area contributed by atoms with Crippen molar-refractivity contribution in [1.29, 1.82) is 5.26 Å². The van der Waals surface area contributed by atoms with Crippen LogP contribution in [-0.4, -0.2) is 9.97 Å². The van der Waals surface area contributed by atoms with Crippen LogP contribution in [0.2, 0.25) is 10.0 Å². The van der Waals surface area contributed by atoms with Crippen molar-refractivity contribution in [2.75, 3.05) is 0 Å². The molecule has 6 heteroatoms. The number of benzene rings is 2. The highest BCUT2D eigenvalue weighted by Gasteiger charge is 2.11. The molecule has 4 aromatic rings. The van der Waals surface area contributed by atoms with Gasteiger partial charge in [-0.1, -0.05) is 35.3 Å². The second-order valence-corrected chi connectivity index (χ2v) is 6.44. The number of H-pyrrole nitrogens is 1. The van der Waals surface area contributed by atoms with Gasteiger partial charge in [-0.2, -0.15) is 5.26 Å². The van der Waals surface area contributed by atoms with Crippen molar-refractivity contribution >= 4 is 45.9 Å². The van der Waals surface area contributed by atoms with E-state index in [0.717, 1.165) is 16.6 Å². The third-order valence-corrected chi connectivity index (χ3v) is 4.42. The van der Waals surface area contributed by atoms with Gasteiger partial charge in [0.25, 0.3) is 0 Å². The zero-order chi connectivity index (χ0) is 18.1. The van der Waals surface area contributed by atoms with Crippen molar-refractivity contribution in [1.82, 2.24) is 9.97 Å². The highest BCUT2D eigenvalue weighted by molar-refractivity contribution is 6.36. The van der Waals surface area contributed by atoms with Crippen LogP contribution in [0.4, 0.5) is 0 Å². The summed E-state index contributed by atoms with van der Waals surface area (Å²) >= 11 is 12.1. The molecule has 0 aliphatic rings. The average molecular weight is 380 g/mol. The number of imidazole rings is 1. The Morgan fingerprint density at radius 1 is 1.12 bits per heavy atom. The van der Waals surface area contributed by atoms with Gasteiger partial charge in [-0.25, -0.2) is 4.98 Å². The van der Waals surface area contributed by atoms with Crippen molar-refractivity contribution in [2.45, 2.75) is 0 Å². The summed E-state index contributed by atoms with van der Waals surface area (Å²) in [5.41, 5.74) is 2.79. The van der Waals surface area contributed by atoms with Crippen LogP contribution in [0, 0.1) is 11.3 Å². The lowest BCUT2D eigenvalue weighted by Gasteiger charge is -2.00. The highest BCUT2D eigenvalue weighted by atomic mass is 35.5. The second-order valence-electron chi connectivity index (χ2n) is 5.60. The van der Waals surface area contributed by atoms with Crippen molar-refractivity contribution < 1.29 is 4.42 Å². The first-order chi connectivity index (χ1) is 12.6. The van der Waals surface area contributed by atoms with E-state index in [1.807, 2.05) is 24.3 Å². The Bertz CT molecular complexity index is 1150. The lowest BCUT2D eigenvalue weighted by Crippen LogP contribution is -1.84. The fraction of sp³-hybridized carbons (Fsp3) is 0. The van der Waals surface area contributed by atoms with Gasteiger partial charge in [-0.3, -0.25) is 0 Å². The Morgan fingerprint density at radius 3 is 2.73 bits per heavy atom. The molecular weight excluding hydrogens is 369 g/mol. The summed E-state index contributed by atoms with van der Waals surface area (Å²) < 4.78 is 5.82. The van der Waals surface area contributed by atoms with E-state index in [4.69, 9.17) is 27.6 Å². The predicted octanol–water partition coefficient (Wildman–Crippen LogP) is 6.19. The SMILES string of the molecule is N#CC(=Cc1ccc(-c2ccc(Cl)cc2Cl)o1)c1nc2ccccc2[nH]1. The number of allylic oxidation sites excluding steroid dienone is 1. The highest BCUT2D eigenvalue weighted by Crippen LogP contribution is 2.32. The van der Waals surface area contributed by atoms with Crippen molar-refractivity contribution in [2.24, 2.45) is 0 Å². The Labute approximate surface area is 159 Å². The van der Waals surface area contributed by atoms with Crippen molar-refractivity contribution in [3.8, 4) is 17.4 Å². The number of aromatic amines is 1. The third-order valence-electron chi connectivity index (χ3n) is 3.87. The number of aromatic nitrogens is 2. The number of hydrogen-bond acceptors (Lipinski definition) is 3. The lowest BCUT2D eigenvalue weighted by atomic mass is 10.2. The van der Waals surface area contributed by atoms with E-state index in [1.54, 1.807) is 36.4 Å². The largest absolute Gasteiger partial charge is 0.457 e. The van der Waals surface area contributed by atoms with Crippen LogP contribution in [0.5, 0.6) is 0 Å². The molecule has 0 radical (unpaired) electrons. The molecule has 4 nitrogen and oxygen atoms in total. The van der Waals surface area contributed by atoms with Crippen LogP contribution in [0.15, 0.2) is 59.0 Å². The van der Waals surface area contributed by atoms with Gasteiger partial charge in [-0.05, 0) is 42.5 Å². The van der Waals surface area contributed by atoms with Crippen molar-refractivity contribution in [3.63, 3.8) is 0 Å². The van der Waals surface area contributed by atoms with Crippen LogP contribution >= 0.6 is 23.2 Å². The molecule has 0 atom stereocenters. The summed E-state index contributed by atoms with van der Waals surface area (Å²) in [5.74, 6) is 1.62. The summed E-state index contributed by atoms with van der Waals surface area (Å²) in [5, 5.41) is 10.6. The molecule has 0 bridgehead atoms. The Kier molecular flexibility index (Phi) is 4.26. The fourth-order valence-corrected chi connectivity index (χ4v) is 3.14. The van der Waals surface area contributed by atoms with Gasteiger partial charge in [0, 0.05) is 16.7 Å². The number of hydrogen-bond donors (Lipinski definition) is 1. The normalized spacial score (nSPS) is 11.7. The van der Waals surface area contributed by atoms with Gasteiger partial charge in [0.2, 0.25) is 0 Å². The summed E-state index contributed by atoms with van der Waals surface area (Å²) in [4.78, 5) is 7.59. The van der Waals surface area contributed by atoms with E-state index >= 15 is 0 Å². The zero-order valence-corrected chi connectivity index (χ0v) is 14.8. The smallest absolute Gasteiger partial charge is 0.149 e. The first-order valence-electron chi connectivity index (χ1n) is 7.76. The molecule has 0 saturated carbocycles. The summed E-state index contributed by atoms with van der Waals surface area (Å²) in [6, 6.07) is 18.5. The maximum atomic E-state index is 9.51. The zero-order valence-electron chi connectivity index (χ0n) is 13.3. The molecule has 2 aromatic carbocycles. The predicted molar refractivity (Wildman–Crippen MR) is 104 cm³/mol. The molecule has 0 spiro atoms. The maximum Gasteiger partial charge on any atom is 0.149 e. The van der Waals surface area contributed by atoms with Crippen LogP contribution in [0.25, 0.3) is 34.0 Å². The molecule has 0 aliphatic heterocycles. The Morgan fingerprint density at radius 2 is 1.96 bits per heavy atom. The van der Waals surface area contributed by atoms with E-state index in [9.17, 15) is 5.26 Å². The molecule has 126 valence electrons. The number of para-hydroxylation sites is 2. The summed E-state index contributed by atoms with van der Waals surface area (Å²) in [6.07, 6.45) is 1.64. The van der Waals surface area contributed by atoms with Crippen LogP contribution < -0.4 is 0 Å². The minimum Gasteiger partial charge on any atom is -0.457 e. The van der Waals surface area contributed by atoms with Gasteiger partial charge < -0.3 is 9.40 Å². The van der Waals surface area contributed by atoms with E-state index in [0.29, 0.717) is 33.0 Å². The topological polar surface area (TPSA) is 65.6 Å². The number of halogens is 2. The maximum absolute atomic E-state index is 9.51. The number of nitrogens with one attached hydrogen (secondary N) is 1. The van der Waals surface area contributed by atoms with Crippen LogP contribution in [0.1, 0.15) is 11.6 Å². The van der Waals surface area contributed by atoms with E-state index < -0.39 is 0 Å². The Hall–Kier alpha value is -3.00. The molecule has 2 heterocycles. The number of rotatable bonds is 3. The first kappa shape index (κ1) is 16.5. The first-order valence-corrected chi connectivity index (χ1v) is 8.52.